The zero-order valence-electron chi connectivity index (χ0n) is 11.6. The van der Waals surface area contributed by atoms with Crippen molar-refractivity contribution in [3.63, 3.8) is 0 Å². The van der Waals surface area contributed by atoms with Crippen LogP contribution in [0.1, 0.15) is 34.6 Å². The molecule has 0 radical (unpaired) electrons. The Labute approximate surface area is 116 Å². The molecule has 0 saturated carbocycles. The molecule has 2 rings (SSSR count). The van der Waals surface area contributed by atoms with E-state index < -0.39 is 11.7 Å². The summed E-state index contributed by atoms with van der Waals surface area (Å²) in [5.41, 5.74) is 7.96. The van der Waals surface area contributed by atoms with Gasteiger partial charge in [0.05, 0.1) is 17.8 Å². The lowest BCUT2D eigenvalue weighted by Crippen LogP contribution is -2.27. The molecule has 1 aromatic heterocycles. The summed E-state index contributed by atoms with van der Waals surface area (Å²) in [5, 5.41) is 6.93. The number of hydrogen-bond donors (Lipinski definition) is 2. The predicted molar refractivity (Wildman–Crippen MR) is 74.6 cm³/mol. The van der Waals surface area contributed by atoms with Crippen molar-refractivity contribution >= 4 is 11.6 Å². The summed E-state index contributed by atoms with van der Waals surface area (Å²) in [5.74, 6) is -0.896. The van der Waals surface area contributed by atoms with Crippen LogP contribution in [0.5, 0.6) is 0 Å². The van der Waals surface area contributed by atoms with Crippen molar-refractivity contribution in [2.75, 3.05) is 5.73 Å². The van der Waals surface area contributed by atoms with Crippen LogP contribution in [-0.4, -0.2) is 15.7 Å². The van der Waals surface area contributed by atoms with Gasteiger partial charge in [-0.1, -0.05) is 0 Å². The van der Waals surface area contributed by atoms with Crippen LogP contribution >= 0.6 is 0 Å². The summed E-state index contributed by atoms with van der Waals surface area (Å²) in [6.45, 7) is 3.76. The van der Waals surface area contributed by atoms with E-state index in [9.17, 15) is 9.18 Å². The fraction of sp³-hybridized carbons (Fsp3) is 0.286. The maximum absolute atomic E-state index is 13.2. The molecule has 1 atom stereocenters. The molecule has 0 aliphatic carbocycles. The number of aryl methyl sites for hydroxylation is 1. The molecule has 5 nitrogen and oxygen atoms in total. The van der Waals surface area contributed by atoms with Gasteiger partial charge < -0.3 is 11.1 Å². The lowest BCUT2D eigenvalue weighted by molar-refractivity contribution is 0.0940. The van der Waals surface area contributed by atoms with Crippen LogP contribution < -0.4 is 11.1 Å². The van der Waals surface area contributed by atoms with Crippen molar-refractivity contribution in [3.8, 4) is 0 Å². The predicted octanol–water partition coefficient (Wildman–Crippen LogP) is 1.94. The molecule has 1 amide bonds. The smallest absolute Gasteiger partial charge is 0.253 e. The molecule has 6 heteroatoms. The second-order valence-electron chi connectivity index (χ2n) is 4.74. The van der Waals surface area contributed by atoms with Gasteiger partial charge in [-0.15, -0.1) is 0 Å². The van der Waals surface area contributed by atoms with Crippen LogP contribution in [0.2, 0.25) is 0 Å². The number of amides is 1. The Morgan fingerprint density at radius 1 is 1.50 bits per heavy atom. The summed E-state index contributed by atoms with van der Waals surface area (Å²) in [6, 6.07) is 3.50. The van der Waals surface area contributed by atoms with Crippen LogP contribution in [-0.2, 0) is 7.05 Å². The molecule has 1 unspecified atom stereocenters. The van der Waals surface area contributed by atoms with Gasteiger partial charge in [0, 0.05) is 24.0 Å². The summed E-state index contributed by atoms with van der Waals surface area (Å²) in [6.07, 6.45) is 1.70. The number of benzene rings is 1. The van der Waals surface area contributed by atoms with E-state index in [4.69, 9.17) is 5.73 Å². The summed E-state index contributed by atoms with van der Waals surface area (Å²) >= 11 is 0. The molecule has 0 fully saturated rings. The molecule has 0 aliphatic heterocycles. The number of nitrogens with two attached hydrogens (primary N) is 1. The average molecular weight is 276 g/mol. The number of anilines is 1. The monoisotopic (exact) mass is 276 g/mol. The Bertz CT molecular complexity index is 651. The lowest BCUT2D eigenvalue weighted by atomic mass is 10.1. The second-order valence-corrected chi connectivity index (χ2v) is 4.74. The number of halogens is 1. The van der Waals surface area contributed by atoms with Gasteiger partial charge in [0.25, 0.3) is 5.91 Å². The van der Waals surface area contributed by atoms with E-state index in [0.29, 0.717) is 0 Å². The summed E-state index contributed by atoms with van der Waals surface area (Å²) in [4.78, 5) is 12.1. The number of aromatic nitrogens is 2. The summed E-state index contributed by atoms with van der Waals surface area (Å²) in [7, 11) is 1.83. The molecule has 0 saturated heterocycles. The highest BCUT2D eigenvalue weighted by molar-refractivity contribution is 5.99. The SMILES string of the molecule is Cc1c(C(C)NC(=O)c2cc(F)ccc2N)cnn1C. The Morgan fingerprint density at radius 3 is 2.80 bits per heavy atom. The molecule has 1 heterocycles. The number of carbonyl (C=O) groups is 1. The molecule has 1 aromatic carbocycles. The third kappa shape index (κ3) is 2.64. The number of carbonyl (C=O) groups excluding carboxylic acids is 1. The number of nitrogens with one attached hydrogen (secondary N) is 1. The minimum Gasteiger partial charge on any atom is -0.398 e. The van der Waals surface area contributed by atoms with Crippen molar-refractivity contribution in [1.29, 1.82) is 0 Å². The van der Waals surface area contributed by atoms with Crippen molar-refractivity contribution in [3.05, 3.63) is 47.0 Å². The van der Waals surface area contributed by atoms with Gasteiger partial charge in [-0.2, -0.15) is 5.10 Å². The lowest BCUT2D eigenvalue weighted by Gasteiger charge is -2.14. The third-order valence-electron chi connectivity index (χ3n) is 3.35. The van der Waals surface area contributed by atoms with Gasteiger partial charge in [0.2, 0.25) is 0 Å². The molecule has 0 bridgehead atoms. The van der Waals surface area contributed by atoms with Gasteiger partial charge in [0.15, 0.2) is 0 Å². The van der Waals surface area contributed by atoms with Crippen LogP contribution in [0.3, 0.4) is 0 Å². The van der Waals surface area contributed by atoms with Gasteiger partial charge in [0.1, 0.15) is 5.82 Å². The molecule has 106 valence electrons. The average Bonchev–Trinajstić information content (AvgIpc) is 2.73. The van der Waals surface area contributed by atoms with E-state index in [0.717, 1.165) is 17.3 Å². The first kappa shape index (κ1) is 14.0. The topological polar surface area (TPSA) is 72.9 Å². The van der Waals surface area contributed by atoms with Gasteiger partial charge in [-0.3, -0.25) is 9.48 Å². The molecule has 0 spiro atoms. The number of nitrogen functional groups attached to an aromatic ring is 1. The fourth-order valence-electron chi connectivity index (χ4n) is 2.02. The number of nitrogens with zero attached hydrogens (tertiary/aromatic N) is 2. The van der Waals surface area contributed by atoms with E-state index in [1.165, 1.54) is 12.1 Å². The highest BCUT2D eigenvalue weighted by atomic mass is 19.1. The molecule has 0 aliphatic rings. The zero-order valence-corrected chi connectivity index (χ0v) is 11.6. The van der Waals surface area contributed by atoms with Crippen molar-refractivity contribution in [2.24, 2.45) is 7.05 Å². The molecular weight excluding hydrogens is 259 g/mol. The van der Waals surface area contributed by atoms with Crippen LogP contribution in [0.15, 0.2) is 24.4 Å². The quantitative estimate of drug-likeness (QED) is 0.841. The highest BCUT2D eigenvalue weighted by Crippen LogP contribution is 2.18. The van der Waals surface area contributed by atoms with Crippen LogP contribution in [0.4, 0.5) is 10.1 Å². The Kier molecular flexibility index (Phi) is 3.74. The summed E-state index contributed by atoms with van der Waals surface area (Å²) < 4.78 is 14.9. The Hall–Kier alpha value is -2.37. The first-order chi connectivity index (χ1) is 9.40. The minimum atomic E-state index is -0.491. The van der Waals surface area contributed by atoms with Crippen molar-refractivity contribution < 1.29 is 9.18 Å². The van der Waals surface area contributed by atoms with E-state index in [1.54, 1.807) is 10.9 Å². The normalized spacial score (nSPS) is 12.2. The molecule has 3 N–H and O–H groups in total. The van der Waals surface area contributed by atoms with Crippen molar-refractivity contribution in [1.82, 2.24) is 15.1 Å². The van der Waals surface area contributed by atoms with E-state index in [-0.39, 0.29) is 17.3 Å². The maximum Gasteiger partial charge on any atom is 0.253 e. The second kappa shape index (κ2) is 5.32. The van der Waals surface area contributed by atoms with Crippen molar-refractivity contribution in [2.45, 2.75) is 19.9 Å². The van der Waals surface area contributed by atoms with Crippen LogP contribution in [0, 0.1) is 12.7 Å². The molecular formula is C14H17FN4O. The van der Waals surface area contributed by atoms with E-state index >= 15 is 0 Å². The largest absolute Gasteiger partial charge is 0.398 e. The van der Waals surface area contributed by atoms with Gasteiger partial charge >= 0.3 is 0 Å². The fourth-order valence-corrected chi connectivity index (χ4v) is 2.02. The Balaban J connectivity index is 2.19. The molecule has 2 aromatic rings. The van der Waals surface area contributed by atoms with Crippen LogP contribution in [0.25, 0.3) is 0 Å². The highest BCUT2D eigenvalue weighted by Gasteiger charge is 2.17. The first-order valence-electron chi connectivity index (χ1n) is 6.24. The van der Waals surface area contributed by atoms with E-state index in [2.05, 4.69) is 10.4 Å². The Morgan fingerprint density at radius 2 is 2.20 bits per heavy atom. The number of hydrogen-bond acceptors (Lipinski definition) is 3. The van der Waals surface area contributed by atoms with Gasteiger partial charge in [-0.05, 0) is 32.0 Å². The first-order valence-corrected chi connectivity index (χ1v) is 6.24. The minimum absolute atomic E-state index is 0.137. The third-order valence-corrected chi connectivity index (χ3v) is 3.35. The number of rotatable bonds is 3. The zero-order chi connectivity index (χ0) is 14.9. The van der Waals surface area contributed by atoms with E-state index in [1.807, 2.05) is 20.9 Å². The maximum atomic E-state index is 13.2. The van der Waals surface area contributed by atoms with Gasteiger partial charge in [-0.25, -0.2) is 4.39 Å². The standard InChI is InChI=1S/C14H17FN4O/c1-8(12-7-17-19(3)9(12)2)18-14(20)11-6-10(15)4-5-13(11)16/h4-8H,16H2,1-3H3,(H,18,20). The molecule has 20 heavy (non-hydrogen) atoms.